The van der Waals surface area contributed by atoms with Crippen LogP contribution in [0.15, 0.2) is 24.3 Å². The van der Waals surface area contributed by atoms with E-state index in [0.717, 1.165) is 0 Å². The van der Waals surface area contributed by atoms with Crippen molar-refractivity contribution in [1.29, 1.82) is 0 Å². The highest BCUT2D eigenvalue weighted by Gasteiger charge is 2.23. The maximum atomic E-state index is 11.9. The molecule has 0 unspecified atom stereocenters. The first-order valence-corrected chi connectivity index (χ1v) is 8.57. The van der Waals surface area contributed by atoms with Crippen LogP contribution >= 0.6 is 11.6 Å². The van der Waals surface area contributed by atoms with E-state index in [2.05, 4.69) is 15.0 Å². The van der Waals surface area contributed by atoms with Crippen LogP contribution in [-0.4, -0.2) is 65.7 Å². The maximum absolute atomic E-state index is 11.9. The van der Waals surface area contributed by atoms with Gasteiger partial charge in [-0.2, -0.15) is 15.0 Å². The summed E-state index contributed by atoms with van der Waals surface area (Å²) >= 11 is 6.03. The molecule has 0 saturated carbocycles. The third-order valence-corrected chi connectivity index (χ3v) is 4.09. The molecule has 1 atom stereocenters. The molecule has 2 heterocycles. The van der Waals surface area contributed by atoms with Crippen molar-refractivity contribution in [2.45, 2.75) is 13.0 Å². The molecular formula is C17H20ClN5O3. The lowest BCUT2D eigenvalue weighted by molar-refractivity contribution is 0.0827. The van der Waals surface area contributed by atoms with Gasteiger partial charge < -0.3 is 19.3 Å². The van der Waals surface area contributed by atoms with Gasteiger partial charge in [0.25, 0.3) is 5.91 Å². The number of rotatable bonds is 4. The molecule has 9 heteroatoms. The number of halogens is 1. The van der Waals surface area contributed by atoms with Crippen LogP contribution < -0.4 is 9.64 Å². The van der Waals surface area contributed by atoms with E-state index in [0.29, 0.717) is 37.0 Å². The smallest absolute Gasteiger partial charge is 0.328 e. The lowest BCUT2D eigenvalue weighted by Crippen LogP contribution is -2.44. The maximum Gasteiger partial charge on any atom is 0.328 e. The molecule has 1 aromatic carbocycles. The average Bonchev–Trinajstić information content (AvgIpc) is 2.61. The molecule has 1 aromatic heterocycles. The van der Waals surface area contributed by atoms with E-state index in [1.165, 1.54) is 4.90 Å². The summed E-state index contributed by atoms with van der Waals surface area (Å²) < 4.78 is 11.1. The third kappa shape index (κ3) is 4.20. The second kappa shape index (κ2) is 7.84. The standard InChI is InChI=1S/C17H20ClN5O3/c1-11-10-25-9-8-23(11)16-19-15(18)20-17(21-16)26-13-6-4-12(5-7-13)14(24)22(2)3/h4-7,11H,8-10H2,1-3H3/t11-/m0/s1. The Hall–Kier alpha value is -2.45. The molecule has 1 amide bonds. The summed E-state index contributed by atoms with van der Waals surface area (Å²) in [4.78, 5) is 28.0. The first kappa shape index (κ1) is 18.3. The summed E-state index contributed by atoms with van der Waals surface area (Å²) in [5.74, 6) is 0.877. The number of nitrogens with zero attached hydrogens (tertiary/aromatic N) is 5. The summed E-state index contributed by atoms with van der Waals surface area (Å²) in [6, 6.07) is 6.98. The van der Waals surface area contributed by atoms with Crippen LogP contribution in [-0.2, 0) is 4.74 Å². The van der Waals surface area contributed by atoms with Crippen molar-refractivity contribution in [1.82, 2.24) is 19.9 Å². The van der Waals surface area contributed by atoms with Gasteiger partial charge in [-0.1, -0.05) is 0 Å². The van der Waals surface area contributed by atoms with Crippen LogP contribution in [0.5, 0.6) is 11.8 Å². The average molecular weight is 378 g/mol. The molecule has 0 N–H and O–H groups in total. The number of anilines is 1. The Morgan fingerprint density at radius 1 is 1.27 bits per heavy atom. The molecule has 26 heavy (non-hydrogen) atoms. The van der Waals surface area contributed by atoms with E-state index in [1.54, 1.807) is 38.4 Å². The van der Waals surface area contributed by atoms with Gasteiger partial charge >= 0.3 is 6.01 Å². The summed E-state index contributed by atoms with van der Waals surface area (Å²) in [5, 5.41) is 0.0584. The Labute approximate surface area is 156 Å². The first-order chi connectivity index (χ1) is 12.4. The molecule has 2 aromatic rings. The van der Waals surface area contributed by atoms with Crippen molar-refractivity contribution in [3.63, 3.8) is 0 Å². The zero-order valence-corrected chi connectivity index (χ0v) is 15.6. The number of aromatic nitrogens is 3. The van der Waals surface area contributed by atoms with Crippen molar-refractivity contribution >= 4 is 23.5 Å². The normalized spacial score (nSPS) is 17.1. The van der Waals surface area contributed by atoms with Gasteiger partial charge in [0, 0.05) is 26.2 Å². The van der Waals surface area contributed by atoms with E-state index < -0.39 is 0 Å². The fourth-order valence-corrected chi connectivity index (χ4v) is 2.70. The van der Waals surface area contributed by atoms with Gasteiger partial charge in [0.2, 0.25) is 11.2 Å². The summed E-state index contributed by atoms with van der Waals surface area (Å²) in [7, 11) is 3.40. The van der Waals surface area contributed by atoms with Gasteiger partial charge in [-0.15, -0.1) is 0 Å². The number of hydrogen-bond donors (Lipinski definition) is 0. The molecule has 0 aliphatic carbocycles. The second-order valence-corrected chi connectivity index (χ2v) is 6.47. The Kier molecular flexibility index (Phi) is 5.53. The fourth-order valence-electron chi connectivity index (χ4n) is 2.55. The molecule has 0 spiro atoms. The van der Waals surface area contributed by atoms with E-state index in [9.17, 15) is 4.79 Å². The zero-order chi connectivity index (χ0) is 18.7. The van der Waals surface area contributed by atoms with Crippen LogP contribution in [0.25, 0.3) is 0 Å². The molecule has 1 aliphatic heterocycles. The molecule has 0 radical (unpaired) electrons. The van der Waals surface area contributed by atoms with Crippen molar-refractivity contribution in [3.05, 3.63) is 35.1 Å². The highest BCUT2D eigenvalue weighted by molar-refractivity contribution is 6.28. The van der Waals surface area contributed by atoms with Gasteiger partial charge in [0.15, 0.2) is 0 Å². The van der Waals surface area contributed by atoms with Crippen molar-refractivity contribution < 1.29 is 14.3 Å². The predicted molar refractivity (Wildman–Crippen MR) is 97.0 cm³/mol. The molecular weight excluding hydrogens is 358 g/mol. The number of ether oxygens (including phenoxy) is 2. The number of morpholine rings is 1. The number of amides is 1. The summed E-state index contributed by atoms with van der Waals surface area (Å²) in [6.07, 6.45) is 0. The molecule has 8 nitrogen and oxygen atoms in total. The van der Waals surface area contributed by atoms with Crippen molar-refractivity contribution in [3.8, 4) is 11.8 Å². The quantitative estimate of drug-likeness (QED) is 0.808. The lowest BCUT2D eigenvalue weighted by Gasteiger charge is -2.33. The zero-order valence-electron chi connectivity index (χ0n) is 14.8. The topological polar surface area (TPSA) is 80.7 Å². The van der Waals surface area contributed by atoms with E-state index in [4.69, 9.17) is 21.1 Å². The van der Waals surface area contributed by atoms with Crippen LogP contribution in [0.4, 0.5) is 5.95 Å². The minimum Gasteiger partial charge on any atom is -0.424 e. The van der Waals surface area contributed by atoms with Crippen LogP contribution in [0, 0.1) is 0 Å². The van der Waals surface area contributed by atoms with Crippen LogP contribution in [0.1, 0.15) is 17.3 Å². The molecule has 1 saturated heterocycles. The molecule has 3 rings (SSSR count). The van der Waals surface area contributed by atoms with E-state index in [1.807, 2.05) is 11.8 Å². The van der Waals surface area contributed by atoms with Crippen molar-refractivity contribution in [2.75, 3.05) is 38.8 Å². The molecule has 1 aliphatic rings. The predicted octanol–water partition coefficient (Wildman–Crippen LogP) is 2.24. The van der Waals surface area contributed by atoms with Gasteiger partial charge in [0.05, 0.1) is 19.3 Å². The second-order valence-electron chi connectivity index (χ2n) is 6.13. The SMILES string of the molecule is C[C@H]1COCCN1c1nc(Cl)nc(Oc2ccc(C(=O)N(C)C)cc2)n1. The minimum atomic E-state index is -0.0802. The molecule has 138 valence electrons. The van der Waals surface area contributed by atoms with Gasteiger partial charge in [-0.3, -0.25) is 4.79 Å². The number of hydrogen-bond acceptors (Lipinski definition) is 7. The third-order valence-electron chi connectivity index (χ3n) is 3.92. The van der Waals surface area contributed by atoms with Crippen LogP contribution in [0.3, 0.4) is 0 Å². The minimum absolute atomic E-state index is 0.0584. The Morgan fingerprint density at radius 3 is 2.65 bits per heavy atom. The molecule has 1 fully saturated rings. The number of carbonyl (C=O) groups excluding carboxylic acids is 1. The number of carbonyl (C=O) groups is 1. The molecule has 0 bridgehead atoms. The van der Waals surface area contributed by atoms with E-state index >= 15 is 0 Å². The lowest BCUT2D eigenvalue weighted by atomic mass is 10.2. The van der Waals surface area contributed by atoms with Crippen LogP contribution in [0.2, 0.25) is 5.28 Å². The van der Waals surface area contributed by atoms with Gasteiger partial charge in [-0.25, -0.2) is 0 Å². The van der Waals surface area contributed by atoms with Gasteiger partial charge in [-0.05, 0) is 42.8 Å². The Balaban J connectivity index is 1.78. The Bertz CT molecular complexity index is 784. The monoisotopic (exact) mass is 377 g/mol. The van der Waals surface area contributed by atoms with Gasteiger partial charge in [0.1, 0.15) is 5.75 Å². The Morgan fingerprint density at radius 2 is 2.00 bits per heavy atom. The fraction of sp³-hybridized carbons (Fsp3) is 0.412. The highest BCUT2D eigenvalue weighted by atomic mass is 35.5. The largest absolute Gasteiger partial charge is 0.424 e. The summed E-state index contributed by atoms with van der Waals surface area (Å²) in [6.45, 7) is 3.90. The summed E-state index contributed by atoms with van der Waals surface area (Å²) in [5.41, 5.74) is 0.568. The van der Waals surface area contributed by atoms with Crippen molar-refractivity contribution in [2.24, 2.45) is 0 Å². The number of benzene rings is 1. The first-order valence-electron chi connectivity index (χ1n) is 8.19. The highest BCUT2D eigenvalue weighted by Crippen LogP contribution is 2.23. The van der Waals surface area contributed by atoms with E-state index in [-0.39, 0.29) is 23.2 Å².